The standard InChI is InChI=1S/C10H14F3IN2O2/c11-10(12,13)6-18-5-9(17)16-7-1-2-8(16)4-15(14)3-7/h7-8H,1-6H2. The quantitative estimate of drug-likeness (QED) is 0.553. The molecule has 0 N–H and O–H groups in total. The molecular formula is C10H14F3IN2O2. The molecule has 2 fully saturated rings. The van der Waals surface area contributed by atoms with Gasteiger partial charge in [0.2, 0.25) is 5.91 Å². The second-order valence-corrected chi connectivity index (χ2v) is 5.99. The maximum absolute atomic E-state index is 11.9. The number of carbonyl (C=O) groups excluding carboxylic acids is 1. The van der Waals surface area contributed by atoms with Gasteiger partial charge in [-0.05, 0) is 12.8 Å². The van der Waals surface area contributed by atoms with Crippen molar-refractivity contribution in [3.05, 3.63) is 0 Å². The molecule has 2 heterocycles. The molecule has 2 saturated heterocycles. The molecular weight excluding hydrogens is 364 g/mol. The number of carbonyl (C=O) groups is 1. The molecule has 0 aromatic heterocycles. The molecule has 0 spiro atoms. The third-order valence-corrected chi connectivity index (χ3v) is 4.00. The minimum atomic E-state index is -4.37. The minimum absolute atomic E-state index is 0.127. The Labute approximate surface area is 117 Å². The van der Waals surface area contributed by atoms with Crippen molar-refractivity contribution in [2.75, 3.05) is 26.3 Å². The molecule has 0 aromatic carbocycles. The summed E-state index contributed by atoms with van der Waals surface area (Å²) < 4.78 is 42.3. The lowest BCUT2D eigenvalue weighted by atomic mass is 10.2. The first kappa shape index (κ1) is 14.3. The van der Waals surface area contributed by atoms with E-state index in [4.69, 9.17) is 0 Å². The van der Waals surface area contributed by atoms with Crippen LogP contribution in [0.1, 0.15) is 12.8 Å². The van der Waals surface area contributed by atoms with Crippen molar-refractivity contribution in [3.63, 3.8) is 0 Å². The van der Waals surface area contributed by atoms with Crippen LogP contribution in [0.3, 0.4) is 0 Å². The van der Waals surface area contributed by atoms with Gasteiger partial charge >= 0.3 is 6.18 Å². The van der Waals surface area contributed by atoms with E-state index in [1.165, 1.54) is 0 Å². The molecule has 104 valence electrons. The zero-order chi connectivity index (χ0) is 13.3. The molecule has 2 aliphatic heterocycles. The Balaban J connectivity index is 1.83. The van der Waals surface area contributed by atoms with Crippen LogP contribution in [0, 0.1) is 0 Å². The van der Waals surface area contributed by atoms with E-state index in [0.29, 0.717) is 0 Å². The minimum Gasteiger partial charge on any atom is -0.362 e. The van der Waals surface area contributed by atoms with Gasteiger partial charge in [-0.1, -0.05) is 0 Å². The SMILES string of the molecule is O=C(COCC(F)(F)F)N1C2CCC1CN(I)C2. The summed E-state index contributed by atoms with van der Waals surface area (Å²) in [4.78, 5) is 13.6. The summed E-state index contributed by atoms with van der Waals surface area (Å²) >= 11 is 2.22. The highest BCUT2D eigenvalue weighted by molar-refractivity contribution is 14.1. The maximum atomic E-state index is 11.9. The van der Waals surface area contributed by atoms with Crippen LogP contribution < -0.4 is 0 Å². The lowest BCUT2D eigenvalue weighted by molar-refractivity contribution is -0.178. The molecule has 1 amide bonds. The van der Waals surface area contributed by atoms with E-state index in [9.17, 15) is 18.0 Å². The number of alkyl halides is 3. The second-order valence-electron chi connectivity index (χ2n) is 4.62. The number of rotatable bonds is 3. The summed E-state index contributed by atoms with van der Waals surface area (Å²) in [6.07, 6.45) is -2.52. The molecule has 4 nitrogen and oxygen atoms in total. The van der Waals surface area contributed by atoms with E-state index in [2.05, 4.69) is 30.7 Å². The first-order valence-electron chi connectivity index (χ1n) is 5.73. The van der Waals surface area contributed by atoms with Gasteiger partial charge in [0.1, 0.15) is 13.2 Å². The molecule has 0 aliphatic carbocycles. The van der Waals surface area contributed by atoms with Crippen molar-refractivity contribution < 1.29 is 22.7 Å². The molecule has 0 aromatic rings. The molecule has 8 heteroatoms. The Morgan fingerprint density at radius 1 is 1.28 bits per heavy atom. The molecule has 0 radical (unpaired) electrons. The molecule has 2 atom stereocenters. The molecule has 2 bridgehead atoms. The lowest BCUT2D eigenvalue weighted by Crippen LogP contribution is -2.54. The van der Waals surface area contributed by atoms with E-state index < -0.39 is 19.4 Å². The van der Waals surface area contributed by atoms with Crippen molar-refractivity contribution in [2.24, 2.45) is 0 Å². The van der Waals surface area contributed by atoms with Gasteiger partial charge in [0.05, 0.1) is 0 Å². The van der Waals surface area contributed by atoms with E-state index in [1.54, 1.807) is 4.90 Å². The number of fused-ring (bicyclic) bond motifs is 2. The summed E-state index contributed by atoms with van der Waals surface area (Å²) in [6, 6.07) is 0.255. The van der Waals surface area contributed by atoms with E-state index >= 15 is 0 Å². The summed E-state index contributed by atoms with van der Waals surface area (Å²) in [7, 11) is 0. The number of hydrogen-bond donors (Lipinski definition) is 0. The fourth-order valence-electron chi connectivity index (χ4n) is 2.59. The largest absolute Gasteiger partial charge is 0.411 e. The Hall–Kier alpha value is -0.0900. The maximum Gasteiger partial charge on any atom is 0.411 e. The molecule has 2 unspecified atom stereocenters. The van der Waals surface area contributed by atoms with Crippen molar-refractivity contribution in [1.29, 1.82) is 0 Å². The zero-order valence-electron chi connectivity index (χ0n) is 9.62. The van der Waals surface area contributed by atoms with Crippen LogP contribution in [-0.4, -0.2) is 58.5 Å². The predicted molar refractivity (Wildman–Crippen MR) is 66.1 cm³/mol. The van der Waals surface area contributed by atoms with Crippen LogP contribution in [0.2, 0.25) is 0 Å². The van der Waals surface area contributed by atoms with Gasteiger partial charge in [0.15, 0.2) is 0 Å². The Morgan fingerprint density at radius 3 is 2.33 bits per heavy atom. The highest BCUT2D eigenvalue weighted by Gasteiger charge is 2.42. The molecule has 0 saturated carbocycles. The molecule has 2 aliphatic rings. The average Bonchev–Trinajstić information content (AvgIpc) is 2.49. The fourth-order valence-corrected chi connectivity index (χ4v) is 3.50. The summed E-state index contributed by atoms with van der Waals surface area (Å²) in [6.45, 7) is -0.280. The predicted octanol–water partition coefficient (Wildman–Crippen LogP) is 1.59. The van der Waals surface area contributed by atoms with Gasteiger partial charge in [0.25, 0.3) is 0 Å². The van der Waals surface area contributed by atoms with E-state index in [1.807, 2.05) is 0 Å². The van der Waals surface area contributed by atoms with Gasteiger partial charge < -0.3 is 9.64 Å². The van der Waals surface area contributed by atoms with E-state index in [-0.39, 0.29) is 18.0 Å². The number of amides is 1. The van der Waals surface area contributed by atoms with Gasteiger partial charge in [-0.25, -0.2) is 3.11 Å². The number of nitrogens with zero attached hydrogens (tertiary/aromatic N) is 2. The third-order valence-electron chi connectivity index (χ3n) is 3.22. The topological polar surface area (TPSA) is 32.8 Å². The van der Waals surface area contributed by atoms with Crippen LogP contribution >= 0.6 is 22.9 Å². The number of hydrogen-bond acceptors (Lipinski definition) is 3. The Bertz CT molecular complexity index is 313. The Morgan fingerprint density at radius 2 is 1.83 bits per heavy atom. The number of ether oxygens (including phenoxy) is 1. The van der Waals surface area contributed by atoms with Crippen molar-refractivity contribution >= 4 is 28.8 Å². The van der Waals surface area contributed by atoms with Crippen molar-refractivity contribution in [3.8, 4) is 0 Å². The third kappa shape index (κ3) is 3.47. The molecule has 2 rings (SSSR count). The highest BCUT2D eigenvalue weighted by atomic mass is 127. The first-order valence-corrected chi connectivity index (χ1v) is 6.69. The highest BCUT2D eigenvalue weighted by Crippen LogP contribution is 2.31. The number of piperazine rings is 1. The van der Waals surface area contributed by atoms with Crippen LogP contribution in [0.25, 0.3) is 0 Å². The smallest absolute Gasteiger partial charge is 0.362 e. The second kappa shape index (κ2) is 5.49. The summed E-state index contributed by atoms with van der Waals surface area (Å²) in [5, 5.41) is 0. The fraction of sp³-hybridized carbons (Fsp3) is 0.900. The van der Waals surface area contributed by atoms with Crippen LogP contribution in [0.5, 0.6) is 0 Å². The monoisotopic (exact) mass is 378 g/mol. The van der Waals surface area contributed by atoms with Crippen molar-refractivity contribution in [1.82, 2.24) is 8.01 Å². The lowest BCUT2D eigenvalue weighted by Gasteiger charge is -2.38. The van der Waals surface area contributed by atoms with Crippen LogP contribution in [0.15, 0.2) is 0 Å². The van der Waals surface area contributed by atoms with Crippen molar-refractivity contribution in [2.45, 2.75) is 31.1 Å². The average molecular weight is 378 g/mol. The van der Waals surface area contributed by atoms with Crippen LogP contribution in [-0.2, 0) is 9.53 Å². The van der Waals surface area contributed by atoms with Gasteiger partial charge in [-0.3, -0.25) is 4.79 Å². The summed E-state index contributed by atoms with van der Waals surface area (Å²) in [5.41, 5.74) is 0. The zero-order valence-corrected chi connectivity index (χ0v) is 11.8. The normalized spacial score (nSPS) is 28.8. The Kier molecular flexibility index (Phi) is 4.37. The first-order chi connectivity index (χ1) is 8.37. The van der Waals surface area contributed by atoms with Gasteiger partial charge in [-0.15, -0.1) is 0 Å². The van der Waals surface area contributed by atoms with Gasteiger partial charge in [0, 0.05) is 48.0 Å². The van der Waals surface area contributed by atoms with E-state index in [0.717, 1.165) is 25.9 Å². The van der Waals surface area contributed by atoms with Gasteiger partial charge in [-0.2, -0.15) is 13.2 Å². The van der Waals surface area contributed by atoms with Crippen LogP contribution in [0.4, 0.5) is 13.2 Å². The summed E-state index contributed by atoms with van der Waals surface area (Å²) in [5.74, 6) is -0.323. The molecule has 18 heavy (non-hydrogen) atoms. The number of halogens is 4.